The summed E-state index contributed by atoms with van der Waals surface area (Å²) in [6, 6.07) is 13.5. The Morgan fingerprint density at radius 1 is 1.04 bits per heavy atom. The molecule has 1 heterocycles. The minimum Gasteiger partial charge on any atom is -0.368 e. The summed E-state index contributed by atoms with van der Waals surface area (Å²) in [6.45, 7) is 7.21. The summed E-state index contributed by atoms with van der Waals surface area (Å²) in [5.74, 6) is -0.280. The fourth-order valence-corrected chi connectivity index (χ4v) is 3.67. The number of piperazine rings is 1. The molecule has 1 aliphatic heterocycles. The lowest BCUT2D eigenvalue weighted by Crippen LogP contribution is -2.51. The number of carbonyl (C=O) groups is 2. The van der Waals surface area contributed by atoms with Crippen LogP contribution < -0.4 is 10.2 Å². The maximum absolute atomic E-state index is 12.4. The van der Waals surface area contributed by atoms with Crippen LogP contribution in [0.25, 0.3) is 0 Å². The molecular formula is C21H24BrN3O2. The summed E-state index contributed by atoms with van der Waals surface area (Å²) < 4.78 is 0.837. The minimum absolute atomic E-state index is 0.0226. The number of halogens is 1. The van der Waals surface area contributed by atoms with Crippen LogP contribution in [-0.2, 0) is 4.79 Å². The molecule has 1 fully saturated rings. The molecule has 6 heteroatoms. The Balaban J connectivity index is 1.51. The fraction of sp³-hybridized carbons (Fsp3) is 0.333. The highest BCUT2D eigenvalue weighted by molar-refractivity contribution is 9.10. The number of aryl methyl sites for hydroxylation is 1. The van der Waals surface area contributed by atoms with Gasteiger partial charge in [-0.25, -0.2) is 0 Å². The molecule has 0 atom stereocenters. The largest absolute Gasteiger partial charge is 0.368 e. The first-order chi connectivity index (χ1) is 13.0. The van der Waals surface area contributed by atoms with Crippen molar-refractivity contribution in [1.29, 1.82) is 0 Å². The molecule has 142 valence electrons. The lowest BCUT2D eigenvalue weighted by molar-refractivity contribution is -0.130. The van der Waals surface area contributed by atoms with E-state index in [0.29, 0.717) is 18.7 Å². The van der Waals surface area contributed by atoms with Gasteiger partial charge in [-0.3, -0.25) is 9.59 Å². The monoisotopic (exact) mass is 429 g/mol. The van der Waals surface area contributed by atoms with Crippen LogP contribution in [0.5, 0.6) is 0 Å². The Kier molecular flexibility index (Phi) is 6.16. The molecule has 2 aromatic carbocycles. The molecule has 0 spiro atoms. The number of benzene rings is 2. The average molecular weight is 430 g/mol. The smallest absolute Gasteiger partial charge is 0.251 e. The zero-order valence-corrected chi connectivity index (χ0v) is 17.3. The van der Waals surface area contributed by atoms with Crippen molar-refractivity contribution < 1.29 is 9.59 Å². The maximum atomic E-state index is 12.4. The summed E-state index contributed by atoms with van der Waals surface area (Å²) in [5.41, 5.74) is 4.35. The zero-order chi connectivity index (χ0) is 19.4. The number of hydrogen-bond acceptors (Lipinski definition) is 3. The Bertz CT molecular complexity index is 845. The van der Waals surface area contributed by atoms with Gasteiger partial charge in [0.2, 0.25) is 5.91 Å². The lowest BCUT2D eigenvalue weighted by Gasteiger charge is -2.37. The fourth-order valence-electron chi connectivity index (χ4n) is 3.27. The topological polar surface area (TPSA) is 52.6 Å². The van der Waals surface area contributed by atoms with E-state index in [2.05, 4.69) is 58.2 Å². The number of nitrogens with zero attached hydrogens (tertiary/aromatic N) is 2. The molecule has 3 rings (SSSR count). The van der Waals surface area contributed by atoms with Crippen molar-refractivity contribution in [2.45, 2.75) is 13.8 Å². The Morgan fingerprint density at radius 3 is 2.44 bits per heavy atom. The molecule has 27 heavy (non-hydrogen) atoms. The van der Waals surface area contributed by atoms with Crippen molar-refractivity contribution in [1.82, 2.24) is 10.2 Å². The molecule has 0 radical (unpaired) electrons. The third-order valence-corrected chi connectivity index (χ3v) is 5.53. The van der Waals surface area contributed by atoms with Crippen molar-refractivity contribution in [3.8, 4) is 0 Å². The van der Waals surface area contributed by atoms with Crippen molar-refractivity contribution in [2.75, 3.05) is 37.6 Å². The molecular weight excluding hydrogens is 406 g/mol. The Hall–Kier alpha value is -2.34. The van der Waals surface area contributed by atoms with Gasteiger partial charge in [0.25, 0.3) is 5.91 Å². The molecule has 0 saturated carbocycles. The van der Waals surface area contributed by atoms with Crippen LogP contribution in [0.4, 0.5) is 5.69 Å². The summed E-state index contributed by atoms with van der Waals surface area (Å²) in [4.78, 5) is 28.8. The maximum Gasteiger partial charge on any atom is 0.251 e. The molecule has 5 nitrogen and oxygen atoms in total. The predicted molar refractivity (Wildman–Crippen MR) is 111 cm³/mol. The molecule has 1 saturated heterocycles. The molecule has 0 aromatic heterocycles. The third kappa shape index (κ3) is 4.69. The van der Waals surface area contributed by atoms with Gasteiger partial charge < -0.3 is 15.1 Å². The summed E-state index contributed by atoms with van der Waals surface area (Å²) in [6.07, 6.45) is 0. The van der Waals surface area contributed by atoms with Crippen LogP contribution in [-0.4, -0.2) is 49.4 Å². The van der Waals surface area contributed by atoms with Gasteiger partial charge >= 0.3 is 0 Å². The molecule has 0 bridgehead atoms. The quantitative estimate of drug-likeness (QED) is 0.811. The summed E-state index contributed by atoms with van der Waals surface area (Å²) in [7, 11) is 0. The third-order valence-electron chi connectivity index (χ3n) is 5.04. The van der Waals surface area contributed by atoms with Gasteiger partial charge in [0, 0.05) is 41.9 Å². The zero-order valence-electron chi connectivity index (χ0n) is 15.7. The first-order valence-corrected chi connectivity index (χ1v) is 9.87. The Labute approximate surface area is 168 Å². The van der Waals surface area contributed by atoms with Crippen molar-refractivity contribution in [3.63, 3.8) is 0 Å². The highest BCUT2D eigenvalue weighted by Crippen LogP contribution is 2.23. The minimum atomic E-state index is -0.237. The lowest BCUT2D eigenvalue weighted by atomic mass is 10.1. The first kappa shape index (κ1) is 19.4. The van der Waals surface area contributed by atoms with E-state index < -0.39 is 0 Å². The molecule has 1 N–H and O–H groups in total. The molecule has 1 aliphatic rings. The SMILES string of the molecule is Cc1cccc(N2CCN(C(=O)CNC(=O)c3cccc(Br)c3)CC2)c1C. The number of carbonyl (C=O) groups excluding carboxylic acids is 2. The van der Waals surface area contributed by atoms with Crippen LogP contribution in [0.3, 0.4) is 0 Å². The van der Waals surface area contributed by atoms with Gasteiger partial charge in [-0.2, -0.15) is 0 Å². The highest BCUT2D eigenvalue weighted by Gasteiger charge is 2.22. The first-order valence-electron chi connectivity index (χ1n) is 9.08. The second-order valence-electron chi connectivity index (χ2n) is 6.78. The van der Waals surface area contributed by atoms with Crippen molar-refractivity contribution in [2.24, 2.45) is 0 Å². The molecule has 0 aliphatic carbocycles. The normalized spacial score (nSPS) is 14.2. The second kappa shape index (κ2) is 8.57. The van der Waals surface area contributed by atoms with E-state index in [1.54, 1.807) is 18.2 Å². The van der Waals surface area contributed by atoms with E-state index in [1.165, 1.54) is 16.8 Å². The van der Waals surface area contributed by atoms with Crippen LogP contribution in [0, 0.1) is 13.8 Å². The van der Waals surface area contributed by atoms with Gasteiger partial charge in [0.15, 0.2) is 0 Å². The number of nitrogens with one attached hydrogen (secondary N) is 1. The van der Waals surface area contributed by atoms with E-state index in [0.717, 1.165) is 17.6 Å². The van der Waals surface area contributed by atoms with Gasteiger partial charge in [0.05, 0.1) is 6.54 Å². The van der Waals surface area contributed by atoms with Crippen molar-refractivity contribution >= 4 is 33.4 Å². The van der Waals surface area contributed by atoms with E-state index in [4.69, 9.17) is 0 Å². The predicted octanol–water partition coefficient (Wildman–Crippen LogP) is 3.14. The van der Waals surface area contributed by atoms with Gasteiger partial charge in [-0.15, -0.1) is 0 Å². The van der Waals surface area contributed by atoms with Gasteiger partial charge in [-0.1, -0.05) is 34.1 Å². The summed E-state index contributed by atoms with van der Waals surface area (Å²) in [5, 5.41) is 2.72. The van der Waals surface area contributed by atoms with Crippen LogP contribution in [0.1, 0.15) is 21.5 Å². The highest BCUT2D eigenvalue weighted by atomic mass is 79.9. The Morgan fingerprint density at radius 2 is 1.74 bits per heavy atom. The van der Waals surface area contributed by atoms with Crippen LogP contribution in [0.2, 0.25) is 0 Å². The van der Waals surface area contributed by atoms with E-state index in [9.17, 15) is 9.59 Å². The van der Waals surface area contributed by atoms with E-state index in [1.807, 2.05) is 11.0 Å². The molecule has 0 unspecified atom stereocenters. The van der Waals surface area contributed by atoms with Crippen molar-refractivity contribution in [3.05, 3.63) is 63.6 Å². The van der Waals surface area contributed by atoms with E-state index >= 15 is 0 Å². The van der Waals surface area contributed by atoms with Crippen LogP contribution in [0.15, 0.2) is 46.9 Å². The number of anilines is 1. The van der Waals surface area contributed by atoms with E-state index in [-0.39, 0.29) is 18.4 Å². The molecule has 2 aromatic rings. The number of rotatable bonds is 4. The van der Waals surface area contributed by atoms with Gasteiger partial charge in [0.1, 0.15) is 0 Å². The average Bonchev–Trinajstić information content (AvgIpc) is 2.68. The number of amides is 2. The summed E-state index contributed by atoms with van der Waals surface area (Å²) >= 11 is 3.35. The molecule has 2 amide bonds. The number of hydrogen-bond donors (Lipinski definition) is 1. The standard InChI is InChI=1S/C21H24BrN3O2/c1-15-5-3-8-19(16(15)2)24-9-11-25(12-10-24)20(26)14-23-21(27)17-6-4-7-18(22)13-17/h3-8,13H,9-12,14H2,1-2H3,(H,23,27). The van der Waals surface area contributed by atoms with Crippen LogP contribution >= 0.6 is 15.9 Å². The van der Waals surface area contributed by atoms with Gasteiger partial charge in [-0.05, 0) is 49.2 Å². The second-order valence-corrected chi connectivity index (χ2v) is 7.70.